The number of aromatic nitrogens is 2. The van der Waals surface area contributed by atoms with Crippen LogP contribution in [-0.4, -0.2) is 49.2 Å². The molecule has 0 radical (unpaired) electrons. The molecule has 0 bridgehead atoms. The second-order valence-electron chi connectivity index (χ2n) is 5.41. The van der Waals surface area contributed by atoms with E-state index in [0.29, 0.717) is 19.6 Å². The molecular formula is C16H25ClN4O3. The second kappa shape index (κ2) is 10.9. The molecule has 0 aliphatic heterocycles. The van der Waals surface area contributed by atoms with Crippen molar-refractivity contribution < 1.29 is 9.53 Å². The van der Waals surface area contributed by atoms with Crippen LogP contribution in [0.1, 0.15) is 18.4 Å². The van der Waals surface area contributed by atoms with Gasteiger partial charge in [-0.3, -0.25) is 4.79 Å². The van der Waals surface area contributed by atoms with Gasteiger partial charge in [0.25, 0.3) is 0 Å². The van der Waals surface area contributed by atoms with Crippen molar-refractivity contribution in [2.45, 2.75) is 19.3 Å². The van der Waals surface area contributed by atoms with Crippen molar-refractivity contribution in [3.8, 4) is 0 Å². The Bertz CT molecular complexity index is 683. The minimum absolute atomic E-state index is 0. The molecule has 0 saturated carbocycles. The van der Waals surface area contributed by atoms with Crippen molar-refractivity contribution in [2.24, 2.45) is 0 Å². The van der Waals surface area contributed by atoms with Crippen LogP contribution in [0.25, 0.3) is 11.0 Å². The minimum atomic E-state index is -0.198. The molecule has 1 amide bonds. The Hall–Kier alpha value is -1.83. The summed E-state index contributed by atoms with van der Waals surface area (Å²) in [4.78, 5) is 28.4. The van der Waals surface area contributed by atoms with E-state index in [4.69, 9.17) is 4.74 Å². The highest BCUT2D eigenvalue weighted by molar-refractivity contribution is 5.85. The van der Waals surface area contributed by atoms with Crippen LogP contribution in [0.3, 0.4) is 0 Å². The van der Waals surface area contributed by atoms with E-state index in [-0.39, 0.29) is 24.0 Å². The van der Waals surface area contributed by atoms with Crippen molar-refractivity contribution in [1.82, 2.24) is 20.6 Å². The Morgan fingerprint density at radius 1 is 1.17 bits per heavy atom. The Kier molecular flexibility index (Phi) is 9.14. The van der Waals surface area contributed by atoms with Gasteiger partial charge in [-0.15, -0.1) is 12.4 Å². The summed E-state index contributed by atoms with van der Waals surface area (Å²) in [7, 11) is 1.66. The Morgan fingerprint density at radius 2 is 1.96 bits per heavy atom. The fourth-order valence-electron chi connectivity index (χ4n) is 2.37. The number of aryl methyl sites for hydroxylation is 1. The lowest BCUT2D eigenvalue weighted by Crippen LogP contribution is -2.32. The molecule has 1 heterocycles. The fourth-order valence-corrected chi connectivity index (χ4v) is 2.37. The maximum Gasteiger partial charge on any atom is 0.323 e. The normalized spacial score (nSPS) is 10.5. The number of amides is 1. The zero-order chi connectivity index (χ0) is 16.5. The van der Waals surface area contributed by atoms with E-state index in [1.54, 1.807) is 7.11 Å². The van der Waals surface area contributed by atoms with Crippen molar-refractivity contribution in [2.75, 3.05) is 33.4 Å². The molecule has 1 aromatic carbocycles. The molecule has 0 aliphatic rings. The van der Waals surface area contributed by atoms with Crippen molar-refractivity contribution in [3.05, 3.63) is 34.2 Å². The van der Waals surface area contributed by atoms with E-state index >= 15 is 0 Å². The average Bonchev–Trinajstić information content (AvgIpc) is 2.90. The first-order chi connectivity index (χ1) is 11.2. The van der Waals surface area contributed by atoms with Gasteiger partial charge < -0.3 is 25.3 Å². The van der Waals surface area contributed by atoms with Crippen LogP contribution in [0, 0.1) is 0 Å². The zero-order valence-corrected chi connectivity index (χ0v) is 14.6. The molecule has 24 heavy (non-hydrogen) atoms. The standard InChI is InChI=1S/C16H24N4O3.ClH/c1-23-10-9-17-7-8-18-15(21)4-2-3-12-5-6-13-14(11-12)20-16(22)19-13;/h5-6,11,17H,2-4,7-10H2,1H3,(H,18,21)(H2,19,20,22);1H. The number of fused-ring (bicyclic) bond motifs is 1. The maximum absolute atomic E-state index is 11.7. The summed E-state index contributed by atoms with van der Waals surface area (Å²) < 4.78 is 4.92. The molecule has 4 N–H and O–H groups in total. The molecule has 0 unspecified atom stereocenters. The molecule has 2 rings (SSSR count). The van der Waals surface area contributed by atoms with Gasteiger partial charge in [0.2, 0.25) is 5.91 Å². The molecule has 7 nitrogen and oxygen atoms in total. The Labute approximate surface area is 147 Å². The number of halogens is 1. The maximum atomic E-state index is 11.7. The van der Waals surface area contributed by atoms with Gasteiger partial charge in [-0.25, -0.2) is 4.79 Å². The predicted molar refractivity (Wildman–Crippen MR) is 96.9 cm³/mol. The van der Waals surface area contributed by atoms with E-state index in [1.165, 1.54) is 0 Å². The molecule has 0 fully saturated rings. The van der Waals surface area contributed by atoms with Crippen molar-refractivity contribution >= 4 is 29.3 Å². The topological polar surface area (TPSA) is 99.0 Å². The minimum Gasteiger partial charge on any atom is -0.383 e. The zero-order valence-electron chi connectivity index (χ0n) is 13.8. The molecular weight excluding hydrogens is 332 g/mol. The number of nitrogens with one attached hydrogen (secondary N) is 4. The summed E-state index contributed by atoms with van der Waals surface area (Å²) in [6.07, 6.45) is 2.09. The van der Waals surface area contributed by atoms with E-state index in [1.807, 2.05) is 18.2 Å². The summed E-state index contributed by atoms with van der Waals surface area (Å²) in [6, 6.07) is 5.81. The largest absolute Gasteiger partial charge is 0.383 e. The summed E-state index contributed by atoms with van der Waals surface area (Å²) >= 11 is 0. The van der Waals surface area contributed by atoms with Crippen LogP contribution in [0.2, 0.25) is 0 Å². The molecule has 134 valence electrons. The molecule has 0 saturated heterocycles. The third-order valence-corrected chi connectivity index (χ3v) is 3.56. The first kappa shape index (κ1) is 20.2. The lowest BCUT2D eigenvalue weighted by molar-refractivity contribution is -0.121. The number of benzene rings is 1. The van der Waals surface area contributed by atoms with E-state index < -0.39 is 0 Å². The number of hydrogen-bond acceptors (Lipinski definition) is 4. The quantitative estimate of drug-likeness (QED) is 0.476. The monoisotopic (exact) mass is 356 g/mol. The average molecular weight is 357 g/mol. The van der Waals surface area contributed by atoms with Gasteiger partial charge in [0.05, 0.1) is 17.6 Å². The summed E-state index contributed by atoms with van der Waals surface area (Å²) in [5, 5.41) is 6.05. The van der Waals surface area contributed by atoms with Crippen LogP contribution in [-0.2, 0) is 16.0 Å². The van der Waals surface area contributed by atoms with E-state index in [0.717, 1.165) is 42.5 Å². The third-order valence-electron chi connectivity index (χ3n) is 3.56. The Balaban J connectivity index is 0.00000288. The van der Waals surface area contributed by atoms with E-state index in [9.17, 15) is 9.59 Å². The highest BCUT2D eigenvalue weighted by Crippen LogP contribution is 2.12. The van der Waals surface area contributed by atoms with Crippen molar-refractivity contribution in [3.63, 3.8) is 0 Å². The van der Waals surface area contributed by atoms with Gasteiger partial charge in [0, 0.05) is 33.2 Å². The van der Waals surface area contributed by atoms with Crippen molar-refractivity contribution in [1.29, 1.82) is 0 Å². The second-order valence-corrected chi connectivity index (χ2v) is 5.41. The smallest absolute Gasteiger partial charge is 0.323 e. The van der Waals surface area contributed by atoms with Crippen LogP contribution in [0.5, 0.6) is 0 Å². The molecule has 0 atom stereocenters. The number of ether oxygens (including phenoxy) is 1. The number of methoxy groups -OCH3 is 1. The third kappa shape index (κ3) is 6.74. The highest BCUT2D eigenvalue weighted by Gasteiger charge is 2.03. The number of aromatic amines is 2. The number of carbonyl (C=O) groups excluding carboxylic acids is 1. The number of H-pyrrole nitrogens is 2. The fraction of sp³-hybridized carbons (Fsp3) is 0.500. The molecule has 2 aromatic rings. The van der Waals surface area contributed by atoms with Crippen LogP contribution in [0.15, 0.2) is 23.0 Å². The number of imidazole rings is 1. The van der Waals surface area contributed by atoms with Gasteiger partial charge in [-0.05, 0) is 30.5 Å². The summed E-state index contributed by atoms with van der Waals surface area (Å²) in [5.74, 6) is 0.0645. The first-order valence-electron chi connectivity index (χ1n) is 7.86. The number of carbonyl (C=O) groups is 1. The van der Waals surface area contributed by atoms with Gasteiger partial charge in [-0.1, -0.05) is 6.07 Å². The molecule has 0 spiro atoms. The Morgan fingerprint density at radius 3 is 2.75 bits per heavy atom. The lowest BCUT2D eigenvalue weighted by atomic mass is 10.1. The number of rotatable bonds is 10. The molecule has 8 heteroatoms. The van der Waals surface area contributed by atoms with Crippen LogP contribution < -0.4 is 16.3 Å². The molecule has 0 aliphatic carbocycles. The highest BCUT2D eigenvalue weighted by atomic mass is 35.5. The van der Waals surface area contributed by atoms with Gasteiger partial charge in [0.1, 0.15) is 0 Å². The predicted octanol–water partition coefficient (Wildman–Crippen LogP) is 0.953. The van der Waals surface area contributed by atoms with Gasteiger partial charge in [-0.2, -0.15) is 0 Å². The lowest BCUT2D eigenvalue weighted by Gasteiger charge is -2.06. The summed E-state index contributed by atoms with van der Waals surface area (Å²) in [6.45, 7) is 2.83. The van der Waals surface area contributed by atoms with Crippen LogP contribution in [0.4, 0.5) is 0 Å². The van der Waals surface area contributed by atoms with Gasteiger partial charge in [0.15, 0.2) is 0 Å². The van der Waals surface area contributed by atoms with E-state index in [2.05, 4.69) is 20.6 Å². The van der Waals surface area contributed by atoms with Crippen LogP contribution >= 0.6 is 12.4 Å². The SMILES string of the molecule is COCCNCCNC(=O)CCCc1ccc2[nH]c(=O)[nH]c2c1.Cl. The number of hydrogen-bond donors (Lipinski definition) is 4. The van der Waals surface area contributed by atoms with Gasteiger partial charge >= 0.3 is 5.69 Å². The summed E-state index contributed by atoms with van der Waals surface area (Å²) in [5.41, 5.74) is 2.52. The first-order valence-corrected chi connectivity index (χ1v) is 7.86. The molecule has 1 aromatic heterocycles.